The van der Waals surface area contributed by atoms with Crippen molar-refractivity contribution in [2.75, 3.05) is 11.5 Å². The first-order valence-electron chi connectivity index (χ1n) is 4.01. The van der Waals surface area contributed by atoms with E-state index < -0.39 is 0 Å². The van der Waals surface area contributed by atoms with Gasteiger partial charge >= 0.3 is 0 Å². The molecule has 62 valence electrons. The highest BCUT2D eigenvalue weighted by Crippen LogP contribution is 2.23. The van der Waals surface area contributed by atoms with Crippen LogP contribution in [0.15, 0.2) is 0 Å². The van der Waals surface area contributed by atoms with Crippen LogP contribution in [-0.4, -0.2) is 11.5 Å². The maximum Gasteiger partial charge on any atom is 0.00393 e. The van der Waals surface area contributed by atoms with E-state index in [1.165, 1.54) is 24.3 Å². The van der Waals surface area contributed by atoms with Crippen molar-refractivity contribution < 1.29 is 0 Å². The van der Waals surface area contributed by atoms with Crippen molar-refractivity contribution in [1.82, 2.24) is 0 Å². The van der Waals surface area contributed by atoms with Crippen molar-refractivity contribution in [3.8, 4) is 0 Å². The van der Waals surface area contributed by atoms with Gasteiger partial charge in [-0.15, -0.1) is 0 Å². The Hall–Kier alpha value is 0.700. The molecular formula is C8H18S2. The van der Waals surface area contributed by atoms with Gasteiger partial charge < -0.3 is 0 Å². The molecule has 0 aliphatic rings. The second kappa shape index (κ2) is 7.80. The number of rotatable bonds is 6. The van der Waals surface area contributed by atoms with Crippen LogP contribution in [0.4, 0.5) is 0 Å². The van der Waals surface area contributed by atoms with E-state index in [1.807, 2.05) is 21.6 Å². The number of hydrogen-bond acceptors (Lipinski definition) is 2. The summed E-state index contributed by atoms with van der Waals surface area (Å²) in [5.74, 6) is 3.50. The van der Waals surface area contributed by atoms with Gasteiger partial charge in [0.2, 0.25) is 0 Å². The Morgan fingerprint density at radius 1 is 1.10 bits per heavy atom. The standard InChI is InChI=1S/C8H18S2/c1-4-6-9-10-7-5-8(2)3/h8H,4-7H2,1-3H3. The minimum Gasteiger partial charge on any atom is -0.0942 e. The lowest BCUT2D eigenvalue weighted by Crippen LogP contribution is -1.87. The summed E-state index contributed by atoms with van der Waals surface area (Å²) in [7, 11) is 4.03. The maximum absolute atomic E-state index is 2.28. The summed E-state index contributed by atoms with van der Waals surface area (Å²) in [4.78, 5) is 0. The largest absolute Gasteiger partial charge is 0.0942 e. The molecule has 0 spiro atoms. The van der Waals surface area contributed by atoms with Crippen LogP contribution in [0.25, 0.3) is 0 Å². The van der Waals surface area contributed by atoms with E-state index in [9.17, 15) is 0 Å². The Kier molecular flexibility index (Phi) is 8.35. The molecule has 0 saturated carbocycles. The topological polar surface area (TPSA) is 0 Å². The average Bonchev–Trinajstić information content (AvgIpc) is 1.87. The molecule has 0 radical (unpaired) electrons. The molecule has 0 saturated heterocycles. The molecule has 2 heteroatoms. The summed E-state index contributed by atoms with van der Waals surface area (Å²) < 4.78 is 0. The molecule has 0 aromatic heterocycles. The van der Waals surface area contributed by atoms with E-state index in [2.05, 4.69) is 20.8 Å². The van der Waals surface area contributed by atoms with Gasteiger partial charge in [-0.2, -0.15) is 0 Å². The molecule has 0 heterocycles. The third kappa shape index (κ3) is 8.70. The van der Waals surface area contributed by atoms with Gasteiger partial charge in [0.1, 0.15) is 0 Å². The normalized spacial score (nSPS) is 10.8. The fraction of sp³-hybridized carbons (Fsp3) is 1.00. The van der Waals surface area contributed by atoms with Crippen LogP contribution >= 0.6 is 21.6 Å². The van der Waals surface area contributed by atoms with E-state index >= 15 is 0 Å². The van der Waals surface area contributed by atoms with Crippen LogP contribution in [0.1, 0.15) is 33.6 Å². The Morgan fingerprint density at radius 3 is 2.20 bits per heavy atom. The van der Waals surface area contributed by atoms with Crippen molar-refractivity contribution in [3.05, 3.63) is 0 Å². The first kappa shape index (κ1) is 10.7. The van der Waals surface area contributed by atoms with Gasteiger partial charge in [-0.05, 0) is 18.8 Å². The molecule has 0 amide bonds. The molecule has 0 aliphatic carbocycles. The fourth-order valence-corrected chi connectivity index (χ4v) is 2.95. The quantitative estimate of drug-likeness (QED) is 0.448. The Labute approximate surface area is 72.9 Å². The summed E-state index contributed by atoms with van der Waals surface area (Å²) in [6, 6.07) is 0. The molecule has 0 rings (SSSR count). The molecule has 0 unspecified atom stereocenters. The van der Waals surface area contributed by atoms with Crippen LogP contribution in [-0.2, 0) is 0 Å². The maximum atomic E-state index is 2.28. The SMILES string of the molecule is CCCSSCCC(C)C. The second-order valence-electron chi connectivity index (χ2n) is 2.83. The van der Waals surface area contributed by atoms with Crippen LogP contribution in [0, 0.1) is 5.92 Å². The van der Waals surface area contributed by atoms with Crippen molar-refractivity contribution >= 4 is 21.6 Å². The van der Waals surface area contributed by atoms with E-state index in [4.69, 9.17) is 0 Å². The van der Waals surface area contributed by atoms with Crippen LogP contribution in [0.2, 0.25) is 0 Å². The summed E-state index contributed by atoms with van der Waals surface area (Å²) in [6.45, 7) is 6.80. The average molecular weight is 178 g/mol. The van der Waals surface area contributed by atoms with Crippen molar-refractivity contribution in [1.29, 1.82) is 0 Å². The zero-order valence-corrected chi connectivity index (χ0v) is 8.86. The Morgan fingerprint density at radius 2 is 1.70 bits per heavy atom. The second-order valence-corrected chi connectivity index (χ2v) is 5.53. The van der Waals surface area contributed by atoms with Gasteiger partial charge in [-0.1, -0.05) is 42.4 Å². The first-order chi connectivity index (χ1) is 4.77. The predicted molar refractivity (Wildman–Crippen MR) is 54.7 cm³/mol. The van der Waals surface area contributed by atoms with E-state index in [0.717, 1.165) is 5.92 Å². The zero-order valence-electron chi connectivity index (χ0n) is 7.22. The summed E-state index contributed by atoms with van der Waals surface area (Å²) >= 11 is 0. The molecule has 0 aromatic carbocycles. The highest BCUT2D eigenvalue weighted by Gasteiger charge is 1.93. The highest BCUT2D eigenvalue weighted by molar-refractivity contribution is 8.76. The monoisotopic (exact) mass is 178 g/mol. The minimum absolute atomic E-state index is 0.870. The third-order valence-corrected chi connectivity index (χ3v) is 3.79. The van der Waals surface area contributed by atoms with Gasteiger partial charge in [0.25, 0.3) is 0 Å². The molecule has 10 heavy (non-hydrogen) atoms. The summed E-state index contributed by atoms with van der Waals surface area (Å²) in [5.41, 5.74) is 0. The molecule has 0 nitrogen and oxygen atoms in total. The lowest BCUT2D eigenvalue weighted by Gasteiger charge is -2.02. The lowest BCUT2D eigenvalue weighted by atomic mass is 10.2. The van der Waals surface area contributed by atoms with Crippen molar-refractivity contribution in [2.24, 2.45) is 5.92 Å². The van der Waals surface area contributed by atoms with E-state index in [0.29, 0.717) is 0 Å². The van der Waals surface area contributed by atoms with Crippen LogP contribution < -0.4 is 0 Å². The minimum atomic E-state index is 0.870. The predicted octanol–water partition coefficient (Wildman–Crippen LogP) is 3.82. The van der Waals surface area contributed by atoms with E-state index in [-0.39, 0.29) is 0 Å². The Balaban J connectivity index is 2.77. The molecule has 0 atom stereocenters. The lowest BCUT2D eigenvalue weighted by molar-refractivity contribution is 0.633. The highest BCUT2D eigenvalue weighted by atomic mass is 33.1. The van der Waals surface area contributed by atoms with Crippen molar-refractivity contribution in [2.45, 2.75) is 33.6 Å². The molecular weight excluding hydrogens is 160 g/mol. The third-order valence-electron chi connectivity index (χ3n) is 1.15. The van der Waals surface area contributed by atoms with E-state index in [1.54, 1.807) is 0 Å². The Bertz CT molecular complexity index is 62.3. The molecule has 0 bridgehead atoms. The van der Waals surface area contributed by atoms with Gasteiger partial charge in [-0.25, -0.2) is 0 Å². The summed E-state index contributed by atoms with van der Waals surface area (Å²) in [5, 5.41) is 0. The zero-order chi connectivity index (χ0) is 7.82. The van der Waals surface area contributed by atoms with Crippen LogP contribution in [0.3, 0.4) is 0 Å². The van der Waals surface area contributed by atoms with Crippen molar-refractivity contribution in [3.63, 3.8) is 0 Å². The van der Waals surface area contributed by atoms with Crippen LogP contribution in [0.5, 0.6) is 0 Å². The molecule has 0 N–H and O–H groups in total. The first-order valence-corrected chi connectivity index (χ1v) is 6.50. The van der Waals surface area contributed by atoms with Gasteiger partial charge in [0, 0.05) is 11.5 Å². The molecule has 0 aromatic rings. The fourth-order valence-electron chi connectivity index (χ4n) is 0.485. The molecule has 0 aliphatic heterocycles. The van der Waals surface area contributed by atoms with Gasteiger partial charge in [0.15, 0.2) is 0 Å². The smallest absolute Gasteiger partial charge is 0.00393 e. The van der Waals surface area contributed by atoms with Gasteiger partial charge in [-0.3, -0.25) is 0 Å². The number of hydrogen-bond donors (Lipinski definition) is 0. The van der Waals surface area contributed by atoms with Gasteiger partial charge in [0.05, 0.1) is 0 Å². The summed E-state index contributed by atoms with van der Waals surface area (Å²) in [6.07, 6.45) is 2.67. The molecule has 0 fully saturated rings.